The van der Waals surface area contributed by atoms with Gasteiger partial charge in [0.2, 0.25) is 5.91 Å². The molecule has 0 spiro atoms. The number of halogens is 2. The van der Waals surface area contributed by atoms with Gasteiger partial charge in [-0.3, -0.25) is 9.69 Å². The summed E-state index contributed by atoms with van der Waals surface area (Å²) in [5.41, 5.74) is 0.429. The fraction of sp³-hybridized carbons (Fsp3) is 0.562. The molecule has 2 saturated heterocycles. The zero-order valence-corrected chi connectivity index (χ0v) is 12.8. The molecule has 23 heavy (non-hydrogen) atoms. The summed E-state index contributed by atoms with van der Waals surface area (Å²) in [6.07, 6.45) is -0.596. The largest absolute Gasteiger partial charge is 0.390 e. The number of carbonyl (C=O) groups excluding carboxylic acids is 1. The Morgan fingerprint density at radius 1 is 1.22 bits per heavy atom. The van der Waals surface area contributed by atoms with Gasteiger partial charge < -0.3 is 14.7 Å². The first-order valence-corrected chi connectivity index (χ1v) is 7.76. The zero-order chi connectivity index (χ0) is 16.4. The Labute approximate surface area is 133 Å². The van der Waals surface area contributed by atoms with Crippen molar-refractivity contribution in [2.24, 2.45) is 0 Å². The molecule has 5 nitrogen and oxygen atoms in total. The highest BCUT2D eigenvalue weighted by molar-refractivity contribution is 5.79. The van der Waals surface area contributed by atoms with Crippen LogP contribution in [-0.4, -0.2) is 72.4 Å². The van der Waals surface area contributed by atoms with E-state index in [4.69, 9.17) is 4.74 Å². The normalized spacial score (nSPS) is 25.8. The average molecular weight is 326 g/mol. The number of β-amino-alcohol motifs (C(OH)–C–C–N with tert-alkyl or cyclic N) is 1. The van der Waals surface area contributed by atoms with Crippen molar-refractivity contribution in [3.05, 3.63) is 35.4 Å². The van der Waals surface area contributed by atoms with Gasteiger partial charge >= 0.3 is 0 Å². The van der Waals surface area contributed by atoms with Gasteiger partial charge in [0.15, 0.2) is 11.6 Å². The molecule has 0 bridgehead atoms. The number of aliphatic hydroxyl groups is 1. The molecule has 0 unspecified atom stereocenters. The number of benzene rings is 1. The second-order valence-corrected chi connectivity index (χ2v) is 6.01. The molecule has 0 aliphatic carbocycles. The summed E-state index contributed by atoms with van der Waals surface area (Å²) < 4.78 is 31.4. The van der Waals surface area contributed by atoms with Crippen molar-refractivity contribution in [3.63, 3.8) is 0 Å². The summed E-state index contributed by atoms with van der Waals surface area (Å²) in [6.45, 7) is 3.46. The number of hydrogen-bond donors (Lipinski definition) is 1. The van der Waals surface area contributed by atoms with Crippen molar-refractivity contribution in [1.29, 1.82) is 0 Å². The molecule has 2 aliphatic rings. The second-order valence-electron chi connectivity index (χ2n) is 6.01. The third-order valence-corrected chi connectivity index (χ3v) is 4.47. The number of nitrogens with zero attached hydrogens (tertiary/aromatic N) is 2. The molecule has 3 rings (SSSR count). The number of morpholine rings is 1. The Balaban J connectivity index is 1.60. The van der Waals surface area contributed by atoms with Crippen molar-refractivity contribution < 1.29 is 23.4 Å². The maximum atomic E-state index is 13.2. The average Bonchev–Trinajstić information content (AvgIpc) is 2.94. The quantitative estimate of drug-likeness (QED) is 0.874. The Bertz CT molecular complexity index is 578. The molecule has 1 N–H and O–H groups in total. The summed E-state index contributed by atoms with van der Waals surface area (Å²) in [4.78, 5) is 16.1. The van der Waals surface area contributed by atoms with E-state index in [0.717, 1.165) is 25.2 Å². The van der Waals surface area contributed by atoms with E-state index in [9.17, 15) is 18.7 Å². The van der Waals surface area contributed by atoms with Gasteiger partial charge in [0, 0.05) is 26.2 Å². The van der Waals surface area contributed by atoms with Crippen LogP contribution < -0.4 is 0 Å². The van der Waals surface area contributed by atoms with Gasteiger partial charge in [-0.05, 0) is 17.7 Å². The molecule has 2 aliphatic heterocycles. The molecule has 1 aromatic rings. The van der Waals surface area contributed by atoms with Crippen molar-refractivity contribution in [2.75, 3.05) is 39.4 Å². The van der Waals surface area contributed by atoms with E-state index in [-0.39, 0.29) is 24.9 Å². The molecular weight excluding hydrogens is 306 g/mol. The molecule has 7 heteroatoms. The smallest absolute Gasteiger partial charge is 0.227 e. The first kappa shape index (κ1) is 16.3. The number of aliphatic hydroxyl groups excluding tert-OH is 1. The van der Waals surface area contributed by atoms with Crippen LogP contribution in [0.15, 0.2) is 18.2 Å². The van der Waals surface area contributed by atoms with E-state index in [1.807, 2.05) is 0 Å². The van der Waals surface area contributed by atoms with Gasteiger partial charge in [-0.25, -0.2) is 8.78 Å². The fourth-order valence-electron chi connectivity index (χ4n) is 3.18. The minimum Gasteiger partial charge on any atom is -0.390 e. The predicted octanol–water partition coefficient (Wildman–Crippen LogP) is 0.411. The molecule has 0 aromatic heterocycles. The highest BCUT2D eigenvalue weighted by Crippen LogP contribution is 2.19. The fourth-order valence-corrected chi connectivity index (χ4v) is 3.18. The monoisotopic (exact) mass is 326 g/mol. The van der Waals surface area contributed by atoms with Crippen LogP contribution in [0.4, 0.5) is 8.78 Å². The Morgan fingerprint density at radius 2 is 1.96 bits per heavy atom. The summed E-state index contributed by atoms with van der Waals surface area (Å²) in [5.74, 6) is -2.07. The van der Waals surface area contributed by atoms with Crippen LogP contribution in [0.3, 0.4) is 0 Å². The SMILES string of the molecule is O=C(Cc1ccc(F)c(F)c1)N1C[C@@H](O)[C@H](N2CCOCC2)C1. The summed E-state index contributed by atoms with van der Waals surface area (Å²) >= 11 is 0. The minimum atomic E-state index is -0.956. The first-order chi connectivity index (χ1) is 11.0. The van der Waals surface area contributed by atoms with Gasteiger partial charge in [0.25, 0.3) is 0 Å². The first-order valence-electron chi connectivity index (χ1n) is 7.76. The number of carbonyl (C=O) groups is 1. The van der Waals surface area contributed by atoms with Crippen LogP contribution in [0.5, 0.6) is 0 Å². The lowest BCUT2D eigenvalue weighted by atomic mass is 10.1. The van der Waals surface area contributed by atoms with Gasteiger partial charge in [0.05, 0.1) is 31.8 Å². The summed E-state index contributed by atoms with van der Waals surface area (Å²) in [7, 11) is 0. The van der Waals surface area contributed by atoms with Gasteiger partial charge in [-0.1, -0.05) is 6.07 Å². The van der Waals surface area contributed by atoms with Crippen LogP contribution in [0.25, 0.3) is 0 Å². The van der Waals surface area contributed by atoms with Crippen LogP contribution in [0.2, 0.25) is 0 Å². The maximum absolute atomic E-state index is 13.2. The van der Waals surface area contributed by atoms with E-state index in [0.29, 0.717) is 25.3 Å². The predicted molar refractivity (Wildman–Crippen MR) is 78.8 cm³/mol. The molecule has 2 heterocycles. The Kier molecular flexibility index (Phi) is 4.89. The number of rotatable bonds is 3. The number of hydrogen-bond acceptors (Lipinski definition) is 4. The molecular formula is C16H20F2N2O3. The van der Waals surface area contributed by atoms with Crippen molar-refractivity contribution in [2.45, 2.75) is 18.6 Å². The van der Waals surface area contributed by atoms with E-state index in [1.165, 1.54) is 6.07 Å². The number of ether oxygens (including phenoxy) is 1. The van der Waals surface area contributed by atoms with E-state index < -0.39 is 17.7 Å². The van der Waals surface area contributed by atoms with Crippen LogP contribution in [0.1, 0.15) is 5.56 Å². The van der Waals surface area contributed by atoms with E-state index >= 15 is 0 Å². The summed E-state index contributed by atoms with van der Waals surface area (Å²) in [6, 6.07) is 3.38. The Hall–Kier alpha value is -1.57. The highest BCUT2D eigenvalue weighted by Gasteiger charge is 2.37. The van der Waals surface area contributed by atoms with Crippen molar-refractivity contribution >= 4 is 5.91 Å². The van der Waals surface area contributed by atoms with Crippen LogP contribution in [-0.2, 0) is 16.0 Å². The van der Waals surface area contributed by atoms with Gasteiger partial charge in [0.1, 0.15) is 0 Å². The lowest BCUT2D eigenvalue weighted by Gasteiger charge is -2.33. The third-order valence-electron chi connectivity index (χ3n) is 4.47. The van der Waals surface area contributed by atoms with E-state index in [1.54, 1.807) is 4.90 Å². The van der Waals surface area contributed by atoms with Gasteiger partial charge in [-0.15, -0.1) is 0 Å². The van der Waals surface area contributed by atoms with E-state index in [2.05, 4.69) is 4.90 Å². The molecule has 1 aromatic carbocycles. The topological polar surface area (TPSA) is 53.0 Å². The lowest BCUT2D eigenvalue weighted by Crippen LogP contribution is -2.49. The van der Waals surface area contributed by atoms with Crippen molar-refractivity contribution in [1.82, 2.24) is 9.80 Å². The standard InChI is InChI=1S/C16H20F2N2O3/c17-12-2-1-11(7-13(12)18)8-16(22)20-9-14(15(21)10-20)19-3-5-23-6-4-19/h1-2,7,14-15,21H,3-6,8-10H2/t14-,15-/m1/s1. The van der Waals surface area contributed by atoms with Crippen LogP contribution >= 0.6 is 0 Å². The number of amides is 1. The second kappa shape index (κ2) is 6.90. The zero-order valence-electron chi connectivity index (χ0n) is 12.8. The molecule has 0 saturated carbocycles. The van der Waals surface area contributed by atoms with Crippen LogP contribution in [0, 0.1) is 11.6 Å². The van der Waals surface area contributed by atoms with Gasteiger partial charge in [-0.2, -0.15) is 0 Å². The molecule has 1 amide bonds. The third kappa shape index (κ3) is 3.68. The molecule has 2 fully saturated rings. The maximum Gasteiger partial charge on any atom is 0.227 e. The van der Waals surface area contributed by atoms with Crippen molar-refractivity contribution in [3.8, 4) is 0 Å². The number of likely N-dealkylation sites (tertiary alicyclic amines) is 1. The summed E-state index contributed by atoms with van der Waals surface area (Å²) in [5, 5.41) is 10.2. The lowest BCUT2D eigenvalue weighted by molar-refractivity contribution is -0.129. The minimum absolute atomic E-state index is 0.000247. The Morgan fingerprint density at radius 3 is 2.65 bits per heavy atom. The molecule has 0 radical (unpaired) electrons. The molecule has 2 atom stereocenters. The highest BCUT2D eigenvalue weighted by atomic mass is 19.2. The molecule has 126 valence electrons.